The Morgan fingerprint density at radius 3 is 2.27 bits per heavy atom. The number of rotatable bonds is 4. The van der Waals surface area contributed by atoms with E-state index in [1.54, 1.807) is 28.7 Å². The summed E-state index contributed by atoms with van der Waals surface area (Å²) in [5.74, 6) is -3.06. The van der Waals surface area contributed by atoms with Crippen LogP contribution in [0.2, 0.25) is 0 Å². The van der Waals surface area contributed by atoms with E-state index < -0.39 is 34.1 Å². The van der Waals surface area contributed by atoms with Crippen LogP contribution in [-0.4, -0.2) is 37.0 Å². The smallest absolute Gasteiger partial charge is 0.426 e. The molecule has 0 saturated carbocycles. The summed E-state index contributed by atoms with van der Waals surface area (Å²) in [5, 5.41) is 0. The molecule has 1 rings (SSSR count). The Labute approximate surface area is 164 Å². The minimum absolute atomic E-state index is 0.110. The Morgan fingerprint density at radius 2 is 1.82 bits per heavy atom. The van der Waals surface area contributed by atoms with Gasteiger partial charge in [-0.15, -0.1) is 0 Å². The number of esters is 1. The molecule has 0 spiro atoms. The maximum Gasteiger partial charge on any atom is 0.426 e. The molecule has 0 heterocycles. The maximum absolute atomic E-state index is 12.7. The molecule has 1 atom stereocenters. The van der Waals surface area contributed by atoms with E-state index in [0.29, 0.717) is 10.7 Å². The van der Waals surface area contributed by atoms with Gasteiger partial charge in [-0.05, 0) is 79.9 Å². The van der Waals surface area contributed by atoms with Gasteiger partial charge < -0.3 is 4.74 Å². The molecule has 1 aromatic carbocycles. The quantitative estimate of drug-likeness (QED) is 0.229. The zero-order chi connectivity index (χ0) is 17.3. The van der Waals surface area contributed by atoms with E-state index in [2.05, 4.69) is 4.74 Å². The van der Waals surface area contributed by atoms with Crippen LogP contribution in [0.25, 0.3) is 0 Å². The summed E-state index contributed by atoms with van der Waals surface area (Å²) in [4.78, 5) is 11.9. The van der Waals surface area contributed by atoms with Gasteiger partial charge in [0.25, 0.3) is 10.1 Å². The molecule has 0 aliphatic carbocycles. The van der Waals surface area contributed by atoms with E-state index in [1.807, 2.05) is 45.2 Å². The molecule has 12 heteroatoms. The SMILES string of the molecule is O=C(OC(CS(=O)(=O)O)C(F)(F)F)c1cc(I)cc(I)c1I. The highest BCUT2D eigenvalue weighted by atomic mass is 127. The van der Waals surface area contributed by atoms with Crippen LogP contribution in [0.1, 0.15) is 10.4 Å². The first-order chi connectivity index (χ1) is 9.81. The summed E-state index contributed by atoms with van der Waals surface area (Å²) >= 11 is 5.55. The van der Waals surface area contributed by atoms with Crippen molar-refractivity contribution < 1.29 is 35.7 Å². The topological polar surface area (TPSA) is 80.7 Å². The van der Waals surface area contributed by atoms with E-state index >= 15 is 0 Å². The fourth-order valence-electron chi connectivity index (χ4n) is 1.28. The molecule has 1 aromatic rings. The lowest BCUT2D eigenvalue weighted by atomic mass is 10.2. The molecule has 5 nitrogen and oxygen atoms in total. The lowest BCUT2D eigenvalue weighted by Crippen LogP contribution is -2.39. The second-order valence-corrected chi connectivity index (χ2v) is 8.92. The van der Waals surface area contributed by atoms with Crippen LogP contribution in [0, 0.1) is 10.7 Å². The van der Waals surface area contributed by atoms with Crippen molar-refractivity contribution in [3.05, 3.63) is 28.4 Å². The van der Waals surface area contributed by atoms with Crippen molar-refractivity contribution in [3.8, 4) is 0 Å². The van der Waals surface area contributed by atoms with Crippen molar-refractivity contribution in [1.82, 2.24) is 0 Å². The molecule has 1 unspecified atom stereocenters. The average Bonchev–Trinajstić information content (AvgIpc) is 2.29. The molecule has 1 N–H and O–H groups in total. The van der Waals surface area contributed by atoms with Gasteiger partial charge in [0.05, 0.1) is 5.56 Å². The number of carbonyl (C=O) groups excluding carboxylic acids is 1. The van der Waals surface area contributed by atoms with E-state index in [0.717, 1.165) is 0 Å². The molecule has 0 aliphatic rings. The first-order valence-electron chi connectivity index (χ1n) is 5.18. The zero-order valence-electron chi connectivity index (χ0n) is 10.2. The van der Waals surface area contributed by atoms with Gasteiger partial charge in [-0.25, -0.2) is 4.79 Å². The molecule has 0 saturated heterocycles. The summed E-state index contributed by atoms with van der Waals surface area (Å²) in [6.07, 6.45) is -8.06. The highest BCUT2D eigenvalue weighted by Gasteiger charge is 2.45. The minimum atomic E-state index is -5.12. The van der Waals surface area contributed by atoms with Gasteiger partial charge in [0.15, 0.2) is 0 Å². The number of benzene rings is 1. The number of alkyl halides is 3. The van der Waals surface area contributed by atoms with Gasteiger partial charge in [0, 0.05) is 10.7 Å². The predicted octanol–water partition coefficient (Wildman–Crippen LogP) is 3.48. The first-order valence-corrected chi connectivity index (χ1v) is 10.0. The van der Waals surface area contributed by atoms with Gasteiger partial charge in [0.2, 0.25) is 6.10 Å². The normalized spacial score (nSPS) is 13.8. The van der Waals surface area contributed by atoms with Gasteiger partial charge in [0.1, 0.15) is 5.75 Å². The maximum atomic E-state index is 12.7. The molecular formula is C10H6F3I3O5S. The first kappa shape index (κ1) is 20.6. The molecule has 0 aromatic heterocycles. The molecule has 22 heavy (non-hydrogen) atoms. The van der Waals surface area contributed by atoms with Gasteiger partial charge in [-0.3, -0.25) is 4.55 Å². The van der Waals surface area contributed by atoms with Crippen LogP contribution >= 0.6 is 67.8 Å². The Morgan fingerprint density at radius 1 is 1.27 bits per heavy atom. The van der Waals surface area contributed by atoms with Crippen molar-refractivity contribution >= 4 is 83.9 Å². The Balaban J connectivity index is 3.12. The number of halogens is 6. The minimum Gasteiger partial charge on any atom is -0.448 e. The fraction of sp³-hybridized carbons (Fsp3) is 0.300. The third-order valence-corrected chi connectivity index (χ3v) is 6.58. The van der Waals surface area contributed by atoms with Crippen molar-refractivity contribution in [2.45, 2.75) is 12.3 Å². The van der Waals surface area contributed by atoms with Crippen molar-refractivity contribution in [1.29, 1.82) is 0 Å². The summed E-state index contributed by atoms with van der Waals surface area (Å²) in [6.45, 7) is 0. The monoisotopic (exact) mass is 676 g/mol. The lowest BCUT2D eigenvalue weighted by Gasteiger charge is -2.20. The summed E-state index contributed by atoms with van der Waals surface area (Å²) in [6, 6.07) is 3.03. The number of hydrogen-bond acceptors (Lipinski definition) is 4. The van der Waals surface area contributed by atoms with Crippen LogP contribution in [-0.2, 0) is 14.9 Å². The molecule has 0 fully saturated rings. The second-order valence-electron chi connectivity index (χ2n) is 3.93. The van der Waals surface area contributed by atoms with Crippen molar-refractivity contribution in [2.75, 3.05) is 5.75 Å². The number of carbonyl (C=O) groups is 1. The van der Waals surface area contributed by atoms with Crippen molar-refractivity contribution in [3.63, 3.8) is 0 Å². The average molecular weight is 676 g/mol. The molecule has 0 aliphatic heterocycles. The summed E-state index contributed by atoms with van der Waals surface area (Å²) in [7, 11) is -4.96. The van der Waals surface area contributed by atoms with E-state index in [1.165, 1.54) is 6.07 Å². The third-order valence-electron chi connectivity index (χ3n) is 2.19. The molecule has 0 bridgehead atoms. The van der Waals surface area contributed by atoms with Crippen LogP contribution in [0.4, 0.5) is 13.2 Å². The van der Waals surface area contributed by atoms with Crippen LogP contribution < -0.4 is 0 Å². The number of hydrogen-bond donors (Lipinski definition) is 1. The predicted molar refractivity (Wildman–Crippen MR) is 96.3 cm³/mol. The van der Waals surface area contributed by atoms with Gasteiger partial charge >= 0.3 is 12.1 Å². The Hall–Kier alpha value is 0.580. The Bertz CT molecular complexity index is 690. The fourth-order valence-corrected chi connectivity index (χ4v) is 4.30. The van der Waals surface area contributed by atoms with Gasteiger partial charge in [-0.1, -0.05) is 0 Å². The van der Waals surface area contributed by atoms with Crippen LogP contribution in [0.3, 0.4) is 0 Å². The zero-order valence-corrected chi connectivity index (χ0v) is 17.5. The van der Waals surface area contributed by atoms with Crippen molar-refractivity contribution in [2.24, 2.45) is 0 Å². The summed E-state index contributed by atoms with van der Waals surface area (Å²) < 4.78 is 73.9. The third kappa shape index (κ3) is 6.23. The van der Waals surface area contributed by atoms with E-state index in [9.17, 15) is 26.4 Å². The lowest BCUT2D eigenvalue weighted by molar-refractivity contribution is -0.197. The van der Waals surface area contributed by atoms with Crippen LogP contribution in [0.15, 0.2) is 12.1 Å². The molecular weight excluding hydrogens is 670 g/mol. The molecule has 0 amide bonds. The second kappa shape index (κ2) is 7.64. The molecule has 0 radical (unpaired) electrons. The van der Waals surface area contributed by atoms with Crippen LogP contribution in [0.5, 0.6) is 0 Å². The van der Waals surface area contributed by atoms with Gasteiger partial charge in [-0.2, -0.15) is 21.6 Å². The highest BCUT2D eigenvalue weighted by molar-refractivity contribution is 14.1. The number of ether oxygens (including phenoxy) is 1. The largest absolute Gasteiger partial charge is 0.448 e. The van der Waals surface area contributed by atoms with E-state index in [4.69, 9.17) is 4.55 Å². The molecule has 124 valence electrons. The van der Waals surface area contributed by atoms with E-state index in [-0.39, 0.29) is 5.56 Å². The standard InChI is InChI=1S/C10H6F3I3O5S/c11-10(12,13)7(3-22(18,19)20)21-9(17)5-1-4(14)2-6(15)8(5)16/h1-2,7H,3H2,(H,18,19,20). The highest BCUT2D eigenvalue weighted by Crippen LogP contribution is 2.28. The Kier molecular flexibility index (Phi) is 7.17. The summed E-state index contributed by atoms with van der Waals surface area (Å²) in [5.41, 5.74) is -0.110.